The maximum Gasteiger partial charge on any atom is 0.290 e. The van der Waals surface area contributed by atoms with E-state index in [4.69, 9.17) is 0 Å². The molecule has 140 valence electrons. The molecule has 2 aromatic rings. The summed E-state index contributed by atoms with van der Waals surface area (Å²) in [5.74, 6) is -1.59. The van der Waals surface area contributed by atoms with Gasteiger partial charge in [-0.2, -0.15) is 0 Å². The Hall–Kier alpha value is -3.49. The molecule has 0 bridgehead atoms. The summed E-state index contributed by atoms with van der Waals surface area (Å²) in [6.07, 6.45) is 5.71. The third kappa shape index (κ3) is 3.57. The molecule has 0 fully saturated rings. The van der Waals surface area contributed by atoms with Crippen molar-refractivity contribution >= 4 is 17.4 Å². The number of nitro benzene ring substituents is 1. The van der Waals surface area contributed by atoms with Crippen LogP contribution in [0.4, 0.5) is 5.69 Å². The minimum atomic E-state index is -0.765. The van der Waals surface area contributed by atoms with Gasteiger partial charge in [-0.3, -0.25) is 19.7 Å². The van der Waals surface area contributed by atoms with Crippen LogP contribution < -0.4 is 0 Å². The van der Waals surface area contributed by atoms with E-state index in [-0.39, 0.29) is 11.3 Å². The van der Waals surface area contributed by atoms with Crippen molar-refractivity contribution in [2.75, 3.05) is 6.54 Å². The number of carbonyl (C=O) groups excluding carboxylic acids is 2. The summed E-state index contributed by atoms with van der Waals surface area (Å²) in [5, 5.41) is 21.1. The van der Waals surface area contributed by atoms with Gasteiger partial charge < -0.3 is 14.6 Å². The molecule has 0 aliphatic carbocycles. The van der Waals surface area contributed by atoms with Crippen molar-refractivity contribution in [3.8, 4) is 0 Å². The molecule has 2 heterocycles. The largest absolute Gasteiger partial charge is 0.503 e. The third-order valence-corrected chi connectivity index (χ3v) is 4.48. The highest BCUT2D eigenvalue weighted by Gasteiger charge is 2.42. The number of aliphatic hydroxyl groups excluding tert-OH is 1. The van der Waals surface area contributed by atoms with E-state index in [1.54, 1.807) is 18.7 Å². The Kier molecular flexibility index (Phi) is 5.02. The van der Waals surface area contributed by atoms with Crippen LogP contribution in [0.3, 0.4) is 0 Å². The predicted molar refractivity (Wildman–Crippen MR) is 94.7 cm³/mol. The maximum absolute atomic E-state index is 12.5. The Bertz CT molecular complexity index is 902. The number of benzene rings is 1. The summed E-state index contributed by atoms with van der Waals surface area (Å²) in [6.45, 7) is 2.21. The summed E-state index contributed by atoms with van der Waals surface area (Å²) in [6, 6.07) is 4.87. The number of hydrogen-bond donors (Lipinski definition) is 1. The van der Waals surface area contributed by atoms with Gasteiger partial charge in [0, 0.05) is 37.6 Å². The minimum absolute atomic E-state index is 0.0106. The summed E-state index contributed by atoms with van der Waals surface area (Å²) in [5.41, 5.74) is 0.453. The second kappa shape index (κ2) is 7.40. The Morgan fingerprint density at radius 2 is 2.00 bits per heavy atom. The van der Waals surface area contributed by atoms with Crippen molar-refractivity contribution in [2.45, 2.75) is 25.9 Å². The van der Waals surface area contributed by atoms with Gasteiger partial charge in [0.25, 0.3) is 11.6 Å². The molecule has 1 atom stereocenters. The second-order valence-corrected chi connectivity index (χ2v) is 6.22. The minimum Gasteiger partial charge on any atom is -0.503 e. The summed E-state index contributed by atoms with van der Waals surface area (Å²) >= 11 is 0. The topological polar surface area (TPSA) is 119 Å². The summed E-state index contributed by atoms with van der Waals surface area (Å²) < 4.78 is 1.86. The molecule has 0 saturated heterocycles. The van der Waals surface area contributed by atoms with Gasteiger partial charge in [0.2, 0.25) is 0 Å². The summed E-state index contributed by atoms with van der Waals surface area (Å²) in [4.78, 5) is 40.3. The predicted octanol–water partition coefficient (Wildman–Crippen LogP) is 2.17. The Morgan fingerprint density at radius 1 is 1.30 bits per heavy atom. The highest BCUT2D eigenvalue weighted by atomic mass is 16.6. The number of carbonyl (C=O) groups is 2. The molecule has 3 rings (SSSR count). The Balaban J connectivity index is 1.87. The monoisotopic (exact) mass is 370 g/mol. The van der Waals surface area contributed by atoms with Crippen LogP contribution in [0.1, 0.15) is 24.9 Å². The normalized spacial score (nSPS) is 16.9. The quantitative estimate of drug-likeness (QED) is 0.589. The highest BCUT2D eigenvalue weighted by Crippen LogP contribution is 2.38. The van der Waals surface area contributed by atoms with E-state index in [0.29, 0.717) is 25.1 Å². The number of aliphatic hydroxyl groups is 1. The molecule has 1 N–H and O–H groups in total. The average molecular weight is 370 g/mol. The zero-order valence-electron chi connectivity index (χ0n) is 14.6. The first-order valence-electron chi connectivity index (χ1n) is 8.35. The fraction of sp³-hybridized carbons (Fsp3) is 0.278. The lowest BCUT2D eigenvalue weighted by molar-refractivity contribution is -0.384. The lowest BCUT2D eigenvalue weighted by Gasteiger charge is -2.26. The number of hydrogen-bond acceptors (Lipinski definition) is 6. The van der Waals surface area contributed by atoms with Crippen molar-refractivity contribution in [1.82, 2.24) is 14.5 Å². The molecule has 0 saturated carbocycles. The van der Waals surface area contributed by atoms with E-state index in [1.165, 1.54) is 36.1 Å². The van der Waals surface area contributed by atoms with Crippen LogP contribution in [0.25, 0.3) is 0 Å². The number of ketones is 1. The number of nitrogens with zero attached hydrogens (tertiary/aromatic N) is 4. The number of amides is 1. The highest BCUT2D eigenvalue weighted by molar-refractivity contribution is 6.08. The van der Waals surface area contributed by atoms with E-state index < -0.39 is 28.4 Å². The van der Waals surface area contributed by atoms with Gasteiger partial charge in [-0.25, -0.2) is 4.98 Å². The molecule has 9 heteroatoms. The van der Waals surface area contributed by atoms with Crippen molar-refractivity contribution < 1.29 is 19.6 Å². The molecule has 1 aliphatic rings. The maximum atomic E-state index is 12.5. The van der Waals surface area contributed by atoms with Crippen molar-refractivity contribution in [3.63, 3.8) is 0 Å². The second-order valence-electron chi connectivity index (χ2n) is 6.22. The standard InChI is InChI=1S/C18H18N4O5/c1-12(23)15-16(13-3-5-14(6-4-13)22(26)27)21(18(25)17(15)24)9-2-8-20-10-7-19-11-20/h3-7,10-11,16,24H,2,8-9H2,1H3. The zero-order valence-corrected chi connectivity index (χ0v) is 14.6. The molecule has 1 aromatic heterocycles. The molecule has 1 aromatic carbocycles. The van der Waals surface area contributed by atoms with Crippen LogP contribution in [0.5, 0.6) is 0 Å². The van der Waals surface area contributed by atoms with Gasteiger partial charge >= 0.3 is 0 Å². The first-order valence-corrected chi connectivity index (χ1v) is 8.35. The molecule has 0 radical (unpaired) electrons. The third-order valence-electron chi connectivity index (χ3n) is 4.48. The Labute approximate surface area is 154 Å². The molecule has 0 spiro atoms. The number of Topliss-reactive ketones (excluding diaryl/α,β-unsaturated/α-hetero) is 1. The smallest absolute Gasteiger partial charge is 0.290 e. The summed E-state index contributed by atoms with van der Waals surface area (Å²) in [7, 11) is 0. The van der Waals surface area contributed by atoms with E-state index in [1.807, 2.05) is 4.57 Å². The lowest BCUT2D eigenvalue weighted by Crippen LogP contribution is -2.32. The van der Waals surface area contributed by atoms with Crippen LogP contribution >= 0.6 is 0 Å². The van der Waals surface area contributed by atoms with Gasteiger partial charge in [-0.1, -0.05) is 0 Å². The van der Waals surface area contributed by atoms with Crippen molar-refractivity contribution in [2.24, 2.45) is 0 Å². The van der Waals surface area contributed by atoms with Crippen molar-refractivity contribution in [1.29, 1.82) is 0 Å². The SMILES string of the molecule is CC(=O)C1=C(O)C(=O)N(CCCn2ccnc2)C1c1ccc([N+](=O)[O-])cc1. The Morgan fingerprint density at radius 3 is 2.56 bits per heavy atom. The van der Waals surface area contributed by atoms with Gasteiger partial charge in [-0.15, -0.1) is 0 Å². The van der Waals surface area contributed by atoms with Gasteiger partial charge in [0.1, 0.15) is 0 Å². The number of non-ortho nitro benzene ring substituents is 1. The van der Waals surface area contributed by atoms with Crippen molar-refractivity contribution in [3.05, 3.63) is 70.0 Å². The number of imidazole rings is 1. The molecular formula is C18H18N4O5. The number of rotatable bonds is 7. The van der Waals surface area contributed by atoms with E-state index in [2.05, 4.69) is 4.98 Å². The first-order chi connectivity index (χ1) is 12.9. The van der Waals surface area contributed by atoms with Crippen LogP contribution in [0, 0.1) is 10.1 Å². The zero-order chi connectivity index (χ0) is 19.6. The van der Waals surface area contributed by atoms with Gasteiger partial charge in [0.15, 0.2) is 11.5 Å². The van der Waals surface area contributed by atoms with Gasteiger partial charge in [-0.05, 0) is 31.0 Å². The molecule has 1 aliphatic heterocycles. The number of aryl methyl sites for hydroxylation is 1. The van der Waals surface area contributed by atoms with Gasteiger partial charge in [0.05, 0.1) is 22.9 Å². The molecular weight excluding hydrogens is 352 g/mol. The first kappa shape index (κ1) is 18.3. The lowest BCUT2D eigenvalue weighted by atomic mass is 9.96. The number of aromatic nitrogens is 2. The molecule has 1 amide bonds. The van der Waals surface area contributed by atoms with E-state index in [0.717, 1.165) is 0 Å². The van der Waals surface area contributed by atoms with E-state index in [9.17, 15) is 24.8 Å². The van der Waals surface area contributed by atoms with Crippen LogP contribution in [-0.2, 0) is 16.1 Å². The van der Waals surface area contributed by atoms with Crippen LogP contribution in [0.2, 0.25) is 0 Å². The van der Waals surface area contributed by atoms with Crippen LogP contribution in [-0.4, -0.2) is 42.7 Å². The molecule has 9 nitrogen and oxygen atoms in total. The number of nitro groups is 1. The van der Waals surface area contributed by atoms with Crippen LogP contribution in [0.15, 0.2) is 54.3 Å². The van der Waals surface area contributed by atoms with E-state index >= 15 is 0 Å². The molecule has 1 unspecified atom stereocenters. The average Bonchev–Trinajstić information content (AvgIpc) is 3.23. The fourth-order valence-corrected chi connectivity index (χ4v) is 3.21. The fourth-order valence-electron chi connectivity index (χ4n) is 3.21. The molecule has 27 heavy (non-hydrogen) atoms.